The van der Waals surface area contributed by atoms with Crippen molar-refractivity contribution in [3.63, 3.8) is 0 Å². The lowest BCUT2D eigenvalue weighted by Gasteiger charge is -2.10. The molecule has 0 spiro atoms. The molecule has 2 N–H and O–H groups in total. The summed E-state index contributed by atoms with van der Waals surface area (Å²) >= 11 is 0. The van der Waals surface area contributed by atoms with Crippen LogP contribution in [0.5, 0.6) is 0 Å². The molecular weight excluding hydrogens is 246 g/mol. The molecule has 0 saturated heterocycles. The Kier molecular flexibility index (Phi) is 6.03. The van der Waals surface area contributed by atoms with Crippen LogP contribution in [0.25, 0.3) is 6.08 Å². The molecular formula is C18H21NO. The van der Waals surface area contributed by atoms with Crippen LogP contribution in [0.3, 0.4) is 0 Å². The average molecular weight is 267 g/mol. The summed E-state index contributed by atoms with van der Waals surface area (Å²) in [4.78, 5) is 0. The number of aliphatic hydroxyl groups excluding tert-OH is 1. The zero-order valence-electron chi connectivity index (χ0n) is 11.6. The first-order chi connectivity index (χ1) is 9.84. The van der Waals surface area contributed by atoms with Gasteiger partial charge in [-0.25, -0.2) is 0 Å². The minimum Gasteiger partial charge on any atom is -0.391 e. The Bertz CT molecular complexity index is 507. The van der Waals surface area contributed by atoms with Crippen molar-refractivity contribution in [2.45, 2.75) is 12.5 Å². The molecule has 0 aromatic heterocycles. The van der Waals surface area contributed by atoms with E-state index in [0.717, 1.165) is 6.54 Å². The van der Waals surface area contributed by atoms with Gasteiger partial charge < -0.3 is 10.4 Å². The summed E-state index contributed by atoms with van der Waals surface area (Å²) < 4.78 is 0. The highest BCUT2D eigenvalue weighted by atomic mass is 16.3. The Morgan fingerprint density at radius 2 is 1.60 bits per heavy atom. The van der Waals surface area contributed by atoms with Gasteiger partial charge in [-0.15, -0.1) is 0 Å². The topological polar surface area (TPSA) is 32.3 Å². The Labute approximate surface area is 120 Å². The van der Waals surface area contributed by atoms with Gasteiger partial charge in [0, 0.05) is 13.1 Å². The van der Waals surface area contributed by atoms with Gasteiger partial charge in [0.1, 0.15) is 0 Å². The standard InChI is InChI=1S/C18H21NO/c20-18(14-17-10-5-2-6-11-17)15-19-13-7-12-16-8-3-1-4-9-16/h1-12,18-20H,13-15H2. The van der Waals surface area contributed by atoms with Crippen molar-refractivity contribution >= 4 is 6.08 Å². The fraction of sp³-hybridized carbons (Fsp3) is 0.222. The Morgan fingerprint density at radius 1 is 0.950 bits per heavy atom. The molecule has 2 heteroatoms. The Balaban J connectivity index is 1.65. The molecule has 104 valence electrons. The number of hydrogen-bond donors (Lipinski definition) is 2. The first-order valence-electron chi connectivity index (χ1n) is 6.99. The van der Waals surface area contributed by atoms with Crippen LogP contribution in [0.2, 0.25) is 0 Å². The molecule has 2 aromatic rings. The third kappa shape index (κ3) is 5.39. The molecule has 0 amide bonds. The van der Waals surface area contributed by atoms with Gasteiger partial charge in [0.2, 0.25) is 0 Å². The molecule has 2 rings (SSSR count). The van der Waals surface area contributed by atoms with Crippen LogP contribution < -0.4 is 5.32 Å². The van der Waals surface area contributed by atoms with E-state index in [-0.39, 0.29) is 6.10 Å². The van der Waals surface area contributed by atoms with E-state index in [4.69, 9.17) is 0 Å². The van der Waals surface area contributed by atoms with Crippen LogP contribution in [-0.2, 0) is 6.42 Å². The minimum absolute atomic E-state index is 0.345. The van der Waals surface area contributed by atoms with Crippen LogP contribution in [-0.4, -0.2) is 24.3 Å². The first kappa shape index (κ1) is 14.5. The van der Waals surface area contributed by atoms with Crippen LogP contribution in [0.4, 0.5) is 0 Å². The molecule has 0 aliphatic heterocycles. The van der Waals surface area contributed by atoms with Gasteiger partial charge in [-0.2, -0.15) is 0 Å². The van der Waals surface area contributed by atoms with Crippen molar-refractivity contribution in [3.05, 3.63) is 77.9 Å². The van der Waals surface area contributed by atoms with Crippen molar-refractivity contribution in [3.8, 4) is 0 Å². The minimum atomic E-state index is -0.345. The quantitative estimate of drug-likeness (QED) is 0.756. The fourth-order valence-electron chi connectivity index (χ4n) is 2.05. The normalized spacial score (nSPS) is 12.7. The Morgan fingerprint density at radius 3 is 2.30 bits per heavy atom. The van der Waals surface area contributed by atoms with E-state index < -0.39 is 0 Å². The van der Waals surface area contributed by atoms with Gasteiger partial charge in [-0.1, -0.05) is 72.8 Å². The fourth-order valence-corrected chi connectivity index (χ4v) is 2.05. The summed E-state index contributed by atoms with van der Waals surface area (Å²) in [6, 6.07) is 20.3. The summed E-state index contributed by atoms with van der Waals surface area (Å²) in [5, 5.41) is 13.2. The van der Waals surface area contributed by atoms with Gasteiger partial charge in [0.25, 0.3) is 0 Å². The molecule has 0 aliphatic carbocycles. The van der Waals surface area contributed by atoms with Crippen LogP contribution in [0, 0.1) is 0 Å². The van der Waals surface area contributed by atoms with E-state index in [0.29, 0.717) is 13.0 Å². The van der Waals surface area contributed by atoms with Crippen molar-refractivity contribution in [2.24, 2.45) is 0 Å². The van der Waals surface area contributed by atoms with Crippen molar-refractivity contribution in [1.82, 2.24) is 5.32 Å². The SMILES string of the molecule is OC(CNCC=Cc1ccccc1)Cc1ccccc1. The Hall–Kier alpha value is -1.90. The van der Waals surface area contributed by atoms with Crippen molar-refractivity contribution < 1.29 is 5.11 Å². The summed E-state index contributed by atoms with van der Waals surface area (Å²) in [5.41, 5.74) is 2.36. The third-order valence-corrected chi connectivity index (χ3v) is 3.07. The van der Waals surface area contributed by atoms with Crippen LogP contribution in [0.15, 0.2) is 66.7 Å². The lowest BCUT2D eigenvalue weighted by atomic mass is 10.1. The molecule has 1 unspecified atom stereocenters. The predicted octanol–water partition coefficient (Wildman–Crippen LogP) is 2.89. The van der Waals surface area contributed by atoms with E-state index >= 15 is 0 Å². The van der Waals surface area contributed by atoms with Gasteiger partial charge in [0.15, 0.2) is 0 Å². The zero-order chi connectivity index (χ0) is 14.0. The molecule has 0 saturated carbocycles. The second-order valence-corrected chi connectivity index (χ2v) is 4.81. The van der Waals surface area contributed by atoms with Gasteiger partial charge in [0.05, 0.1) is 6.10 Å². The number of aliphatic hydroxyl groups is 1. The summed E-state index contributed by atoms with van der Waals surface area (Å²) in [7, 11) is 0. The first-order valence-corrected chi connectivity index (χ1v) is 6.99. The molecule has 0 bridgehead atoms. The molecule has 0 radical (unpaired) electrons. The van der Waals surface area contributed by atoms with E-state index in [1.54, 1.807) is 0 Å². The zero-order valence-corrected chi connectivity index (χ0v) is 11.6. The maximum absolute atomic E-state index is 9.93. The van der Waals surface area contributed by atoms with Gasteiger partial charge in [-0.3, -0.25) is 0 Å². The highest BCUT2D eigenvalue weighted by Crippen LogP contribution is 2.02. The lowest BCUT2D eigenvalue weighted by molar-refractivity contribution is 0.173. The molecule has 0 heterocycles. The highest BCUT2D eigenvalue weighted by Gasteiger charge is 2.03. The van der Waals surface area contributed by atoms with Crippen LogP contribution >= 0.6 is 0 Å². The largest absolute Gasteiger partial charge is 0.391 e. The number of hydrogen-bond acceptors (Lipinski definition) is 2. The smallest absolute Gasteiger partial charge is 0.0704 e. The summed E-state index contributed by atoms with van der Waals surface area (Å²) in [5.74, 6) is 0. The molecule has 20 heavy (non-hydrogen) atoms. The molecule has 2 nitrogen and oxygen atoms in total. The van der Waals surface area contributed by atoms with Gasteiger partial charge in [-0.05, 0) is 17.5 Å². The second kappa shape index (κ2) is 8.31. The maximum Gasteiger partial charge on any atom is 0.0704 e. The van der Waals surface area contributed by atoms with E-state index in [1.807, 2.05) is 48.5 Å². The molecule has 0 aliphatic rings. The van der Waals surface area contributed by atoms with Crippen LogP contribution in [0.1, 0.15) is 11.1 Å². The molecule has 0 fully saturated rings. The second-order valence-electron chi connectivity index (χ2n) is 4.81. The number of rotatable bonds is 7. The number of nitrogens with one attached hydrogen (secondary N) is 1. The van der Waals surface area contributed by atoms with Gasteiger partial charge >= 0.3 is 0 Å². The maximum atomic E-state index is 9.93. The number of benzene rings is 2. The molecule has 1 atom stereocenters. The van der Waals surface area contributed by atoms with Crippen molar-refractivity contribution in [1.29, 1.82) is 0 Å². The lowest BCUT2D eigenvalue weighted by Crippen LogP contribution is -2.28. The third-order valence-electron chi connectivity index (χ3n) is 3.07. The summed E-state index contributed by atoms with van der Waals surface area (Å²) in [6.45, 7) is 1.37. The summed E-state index contributed by atoms with van der Waals surface area (Å²) in [6.07, 6.45) is 4.50. The average Bonchev–Trinajstić information content (AvgIpc) is 2.49. The monoisotopic (exact) mass is 267 g/mol. The highest BCUT2D eigenvalue weighted by molar-refractivity contribution is 5.48. The van der Waals surface area contributed by atoms with E-state index in [9.17, 15) is 5.11 Å². The van der Waals surface area contributed by atoms with E-state index in [2.05, 4.69) is 29.6 Å². The molecule has 2 aromatic carbocycles. The van der Waals surface area contributed by atoms with Crippen molar-refractivity contribution in [2.75, 3.05) is 13.1 Å². The van der Waals surface area contributed by atoms with E-state index in [1.165, 1.54) is 11.1 Å². The predicted molar refractivity (Wildman–Crippen MR) is 84.5 cm³/mol.